The molecule has 0 bridgehead atoms. The molecule has 0 amide bonds. The first kappa shape index (κ1) is 19.4. The molecule has 0 radical (unpaired) electrons. The second-order valence-electron chi connectivity index (χ2n) is 5.46. The normalized spacial score (nSPS) is 14.0. The highest BCUT2D eigenvalue weighted by atomic mass is 19.4. The summed E-state index contributed by atoms with van der Waals surface area (Å²) in [6, 6.07) is 1.50. The molecule has 2 heterocycles. The highest BCUT2D eigenvalue weighted by Gasteiger charge is 2.39. The second-order valence-corrected chi connectivity index (χ2v) is 5.46. The van der Waals surface area contributed by atoms with Crippen molar-refractivity contribution in [3.63, 3.8) is 0 Å². The van der Waals surface area contributed by atoms with Gasteiger partial charge in [0.15, 0.2) is 0 Å². The van der Waals surface area contributed by atoms with Gasteiger partial charge in [-0.3, -0.25) is 0 Å². The highest BCUT2D eigenvalue weighted by molar-refractivity contribution is 5.58. The second kappa shape index (κ2) is 6.74. The van der Waals surface area contributed by atoms with Crippen LogP contribution in [-0.4, -0.2) is 33.2 Å². The molecule has 26 heavy (non-hydrogen) atoms. The molecular weight excluding hydrogens is 361 g/mol. The summed E-state index contributed by atoms with van der Waals surface area (Å²) in [5.41, 5.74) is -2.83. The van der Waals surface area contributed by atoms with Gasteiger partial charge in [0.2, 0.25) is 11.5 Å². The Morgan fingerprint density at radius 1 is 1.31 bits per heavy atom. The number of aryl methyl sites for hydroxylation is 1. The Morgan fingerprint density at radius 3 is 2.46 bits per heavy atom. The number of anilines is 3. The van der Waals surface area contributed by atoms with Crippen LogP contribution in [0.2, 0.25) is 0 Å². The molecule has 1 atom stereocenters. The molecule has 0 spiro atoms. The van der Waals surface area contributed by atoms with Crippen molar-refractivity contribution in [1.29, 1.82) is 5.26 Å². The zero-order chi connectivity index (χ0) is 19.7. The first-order valence-corrected chi connectivity index (χ1v) is 7.18. The maximum absolute atomic E-state index is 13.1. The summed E-state index contributed by atoms with van der Waals surface area (Å²) >= 11 is 0. The molecule has 12 heteroatoms. The van der Waals surface area contributed by atoms with E-state index in [1.165, 1.54) is 20.0 Å². The zero-order valence-electron chi connectivity index (χ0n) is 13.9. The summed E-state index contributed by atoms with van der Waals surface area (Å²) < 4.78 is 65.6. The quantitative estimate of drug-likeness (QED) is 0.780. The molecule has 0 aromatic carbocycles. The van der Waals surface area contributed by atoms with E-state index in [-0.39, 0.29) is 17.3 Å². The lowest BCUT2D eigenvalue weighted by atomic mass is 10.1. The number of aromatic nitrogens is 4. The van der Waals surface area contributed by atoms with Crippen LogP contribution in [0.15, 0.2) is 12.4 Å². The fourth-order valence-electron chi connectivity index (χ4n) is 1.98. The first-order chi connectivity index (χ1) is 12.0. The molecule has 140 valence electrons. The number of rotatable bonds is 5. The average molecular weight is 375 g/mol. The van der Waals surface area contributed by atoms with Gasteiger partial charge in [0, 0.05) is 13.2 Å². The van der Waals surface area contributed by atoms with E-state index < -0.39 is 29.5 Å². The minimum Gasteiger partial charge on any atom is -0.372 e. The molecule has 0 unspecified atom stereocenters. The fraction of sp³-hybridized carbons (Fsp3) is 0.429. The third-order valence-electron chi connectivity index (χ3n) is 3.60. The number of nitrogens with one attached hydrogen (secondary N) is 2. The van der Waals surface area contributed by atoms with Crippen LogP contribution in [0, 0.1) is 18.3 Å². The predicted octanol–water partition coefficient (Wildman–Crippen LogP) is 3.29. The molecule has 7 nitrogen and oxygen atoms in total. The largest absolute Gasteiger partial charge is 0.421 e. The fourth-order valence-corrected chi connectivity index (χ4v) is 1.98. The third kappa shape index (κ3) is 3.51. The standard InChI is InChI=1S/C14H14F5N7/c1-7-9(5-26(25-7)13(2,6-20)11(15)16)23-12-22-4-8(14(17,18)19)10(21-3)24-12/h4-5,11H,1-3H3,(H2,21,22,23,24)/t13-/m1/s1. The van der Waals surface area contributed by atoms with Gasteiger partial charge in [0.05, 0.1) is 23.6 Å². The van der Waals surface area contributed by atoms with E-state index in [4.69, 9.17) is 5.26 Å². The van der Waals surface area contributed by atoms with Gasteiger partial charge < -0.3 is 10.6 Å². The lowest BCUT2D eigenvalue weighted by Gasteiger charge is -2.20. The zero-order valence-corrected chi connectivity index (χ0v) is 13.9. The number of hydrogen-bond acceptors (Lipinski definition) is 6. The van der Waals surface area contributed by atoms with E-state index in [1.54, 1.807) is 0 Å². The molecule has 0 saturated carbocycles. The number of nitriles is 1. The Morgan fingerprint density at radius 2 is 1.96 bits per heavy atom. The van der Waals surface area contributed by atoms with Gasteiger partial charge in [-0.15, -0.1) is 0 Å². The van der Waals surface area contributed by atoms with Gasteiger partial charge in [-0.25, -0.2) is 18.4 Å². The topological polar surface area (TPSA) is 91.5 Å². The SMILES string of the molecule is CNc1nc(Nc2cn([C@](C)(C#N)C(F)F)nc2C)ncc1C(F)(F)F. The van der Waals surface area contributed by atoms with Crippen molar-refractivity contribution in [2.45, 2.75) is 32.0 Å². The summed E-state index contributed by atoms with van der Waals surface area (Å²) in [6.07, 6.45) is -5.90. The third-order valence-corrected chi connectivity index (χ3v) is 3.60. The van der Waals surface area contributed by atoms with Crippen molar-refractivity contribution in [3.8, 4) is 6.07 Å². The Labute approximate surface area is 144 Å². The monoisotopic (exact) mass is 375 g/mol. The molecule has 0 fully saturated rings. The Bertz CT molecular complexity index is 839. The molecule has 2 aromatic heterocycles. The highest BCUT2D eigenvalue weighted by Crippen LogP contribution is 2.34. The lowest BCUT2D eigenvalue weighted by Crippen LogP contribution is -2.36. The summed E-state index contributed by atoms with van der Waals surface area (Å²) in [6.45, 7) is 2.49. The Kier molecular flexibility index (Phi) is 5.02. The van der Waals surface area contributed by atoms with Gasteiger partial charge in [0.1, 0.15) is 11.4 Å². The van der Waals surface area contributed by atoms with E-state index in [1.807, 2.05) is 0 Å². The summed E-state index contributed by atoms with van der Waals surface area (Å²) in [4.78, 5) is 7.30. The van der Waals surface area contributed by atoms with Gasteiger partial charge in [-0.2, -0.15) is 28.5 Å². The minimum atomic E-state index is -4.64. The Hall–Kier alpha value is -2.97. The smallest absolute Gasteiger partial charge is 0.372 e. The van der Waals surface area contributed by atoms with E-state index in [2.05, 4.69) is 25.7 Å². The van der Waals surface area contributed by atoms with Crippen LogP contribution >= 0.6 is 0 Å². The summed E-state index contributed by atoms with van der Waals surface area (Å²) in [7, 11) is 1.27. The average Bonchev–Trinajstić information content (AvgIpc) is 2.93. The number of hydrogen-bond donors (Lipinski definition) is 2. The predicted molar refractivity (Wildman–Crippen MR) is 82.1 cm³/mol. The van der Waals surface area contributed by atoms with Crippen molar-refractivity contribution in [3.05, 3.63) is 23.7 Å². The molecule has 0 aliphatic heterocycles. The molecule has 0 aliphatic carbocycles. The maximum Gasteiger partial charge on any atom is 0.421 e. The van der Waals surface area contributed by atoms with Gasteiger partial charge in [0.25, 0.3) is 6.43 Å². The van der Waals surface area contributed by atoms with Crippen LogP contribution in [0.25, 0.3) is 0 Å². The molecular formula is C14H14F5N7. The summed E-state index contributed by atoms with van der Waals surface area (Å²) in [5, 5.41) is 17.8. The first-order valence-electron chi connectivity index (χ1n) is 7.18. The van der Waals surface area contributed by atoms with Gasteiger partial charge in [-0.05, 0) is 13.8 Å². The van der Waals surface area contributed by atoms with Gasteiger partial charge in [-0.1, -0.05) is 0 Å². The van der Waals surface area contributed by atoms with Crippen LogP contribution in [0.3, 0.4) is 0 Å². The minimum absolute atomic E-state index is 0.175. The van der Waals surface area contributed by atoms with Crippen molar-refractivity contribution < 1.29 is 22.0 Å². The van der Waals surface area contributed by atoms with Crippen LogP contribution in [-0.2, 0) is 11.7 Å². The number of halogens is 5. The van der Waals surface area contributed by atoms with E-state index >= 15 is 0 Å². The van der Waals surface area contributed by atoms with Crippen molar-refractivity contribution in [2.24, 2.45) is 0 Å². The maximum atomic E-state index is 13.1. The summed E-state index contributed by atoms with van der Waals surface area (Å²) in [5.74, 6) is -0.643. The molecule has 2 aromatic rings. The van der Waals surface area contributed by atoms with Crippen LogP contribution in [0.4, 0.5) is 39.4 Å². The van der Waals surface area contributed by atoms with Crippen LogP contribution in [0.1, 0.15) is 18.2 Å². The number of nitrogens with zero attached hydrogens (tertiary/aromatic N) is 5. The molecule has 0 aliphatic rings. The van der Waals surface area contributed by atoms with Gasteiger partial charge >= 0.3 is 6.18 Å². The van der Waals surface area contributed by atoms with E-state index in [0.717, 1.165) is 17.8 Å². The van der Waals surface area contributed by atoms with E-state index in [0.29, 0.717) is 6.20 Å². The van der Waals surface area contributed by atoms with E-state index in [9.17, 15) is 22.0 Å². The van der Waals surface area contributed by atoms with Crippen molar-refractivity contribution in [2.75, 3.05) is 17.7 Å². The number of alkyl halides is 5. The Balaban J connectivity index is 2.37. The van der Waals surface area contributed by atoms with Crippen LogP contribution in [0.5, 0.6) is 0 Å². The lowest BCUT2D eigenvalue weighted by molar-refractivity contribution is -0.137. The van der Waals surface area contributed by atoms with Crippen LogP contribution < -0.4 is 10.6 Å². The molecule has 2 rings (SSSR count). The molecule has 2 N–H and O–H groups in total. The van der Waals surface area contributed by atoms with Crippen molar-refractivity contribution in [1.82, 2.24) is 19.7 Å². The van der Waals surface area contributed by atoms with Crippen molar-refractivity contribution >= 4 is 17.5 Å². The molecule has 0 saturated heterocycles.